The number of hydrogen-bond donors (Lipinski definition) is 1. The molecule has 1 rings (SSSR count). The van der Waals surface area contributed by atoms with Crippen LogP contribution in [-0.4, -0.2) is 11.2 Å². The highest BCUT2D eigenvalue weighted by atomic mass is 16.3. The molecule has 0 fully saturated rings. The summed E-state index contributed by atoms with van der Waals surface area (Å²) in [7, 11) is 1.97. The van der Waals surface area contributed by atoms with Crippen molar-refractivity contribution < 1.29 is 9.67 Å². The third-order valence-corrected chi connectivity index (χ3v) is 1.64. The highest BCUT2D eigenvalue weighted by Gasteiger charge is 1.98. The average Bonchev–Trinajstić information content (AvgIpc) is 2.03. The monoisotopic (exact) mass is 164 g/mol. The number of aliphatic hydroxyl groups excluding tert-OH is 1. The molecule has 0 unspecified atom stereocenters. The van der Waals surface area contributed by atoms with E-state index in [2.05, 4.69) is 0 Å². The minimum atomic E-state index is -0.384. The molecule has 1 aromatic heterocycles. The van der Waals surface area contributed by atoms with Gasteiger partial charge in [-0.05, 0) is 19.1 Å². The molecule has 1 heterocycles. The van der Waals surface area contributed by atoms with Crippen LogP contribution in [0.5, 0.6) is 0 Å². The summed E-state index contributed by atoms with van der Waals surface area (Å²) in [4.78, 5) is 0. The molecule has 0 bridgehead atoms. The van der Waals surface area contributed by atoms with E-state index in [0.717, 1.165) is 5.69 Å². The predicted octanol–water partition coefficient (Wildman–Crippen LogP) is 0.905. The lowest BCUT2D eigenvalue weighted by molar-refractivity contribution is -0.673. The lowest BCUT2D eigenvalue weighted by atomic mass is 10.3. The van der Waals surface area contributed by atoms with E-state index in [1.165, 1.54) is 0 Å². The number of rotatable bonds is 2. The molecule has 0 aliphatic carbocycles. The van der Waals surface area contributed by atoms with Crippen molar-refractivity contribution in [2.24, 2.45) is 7.05 Å². The molecule has 0 saturated carbocycles. The molecule has 1 atom stereocenters. The van der Waals surface area contributed by atoms with Crippen molar-refractivity contribution in [1.29, 1.82) is 0 Å². The van der Waals surface area contributed by atoms with Crippen LogP contribution in [0.1, 0.15) is 12.6 Å². The van der Waals surface area contributed by atoms with Crippen LogP contribution in [-0.2, 0) is 7.05 Å². The van der Waals surface area contributed by atoms with E-state index in [1.54, 1.807) is 13.0 Å². The Kier molecular flexibility index (Phi) is 3.00. The van der Waals surface area contributed by atoms with Gasteiger partial charge in [0.1, 0.15) is 7.05 Å². The van der Waals surface area contributed by atoms with Crippen LogP contribution >= 0.6 is 0 Å². The van der Waals surface area contributed by atoms with Gasteiger partial charge in [-0.2, -0.15) is 0 Å². The highest BCUT2D eigenvalue weighted by Crippen LogP contribution is 1.95. The van der Waals surface area contributed by atoms with Crippen LogP contribution in [0.4, 0.5) is 0 Å². The summed E-state index contributed by atoms with van der Waals surface area (Å²) in [6.45, 7) is 1.74. The van der Waals surface area contributed by atoms with Crippen LogP contribution < -0.4 is 4.57 Å². The van der Waals surface area contributed by atoms with Gasteiger partial charge < -0.3 is 5.11 Å². The molecule has 0 spiro atoms. The Morgan fingerprint density at radius 1 is 1.50 bits per heavy atom. The molecular weight excluding hydrogens is 150 g/mol. The summed E-state index contributed by atoms with van der Waals surface area (Å²) in [6, 6.07) is 5.94. The van der Waals surface area contributed by atoms with Crippen LogP contribution in [0.3, 0.4) is 0 Å². The largest absolute Gasteiger partial charge is 0.389 e. The minimum Gasteiger partial charge on any atom is -0.389 e. The lowest BCUT2D eigenvalue weighted by Gasteiger charge is -1.94. The molecule has 0 aliphatic heterocycles. The number of pyridine rings is 1. The van der Waals surface area contributed by atoms with Crippen LogP contribution in [0.25, 0.3) is 6.08 Å². The fourth-order valence-electron chi connectivity index (χ4n) is 0.948. The van der Waals surface area contributed by atoms with Crippen LogP contribution in [0.15, 0.2) is 30.5 Å². The number of hydrogen-bond acceptors (Lipinski definition) is 1. The van der Waals surface area contributed by atoms with Crippen molar-refractivity contribution in [3.63, 3.8) is 0 Å². The Labute approximate surface area is 72.8 Å². The zero-order chi connectivity index (χ0) is 8.97. The Hall–Kier alpha value is -1.15. The van der Waals surface area contributed by atoms with Crippen molar-refractivity contribution in [3.8, 4) is 0 Å². The zero-order valence-corrected chi connectivity index (χ0v) is 7.44. The molecular formula is C10H14NO+. The fraction of sp³-hybridized carbons (Fsp3) is 0.300. The van der Waals surface area contributed by atoms with E-state index in [4.69, 9.17) is 5.11 Å². The van der Waals surface area contributed by atoms with Crippen LogP contribution in [0, 0.1) is 0 Å². The summed E-state index contributed by atoms with van der Waals surface area (Å²) in [5.41, 5.74) is 1.08. The van der Waals surface area contributed by atoms with Gasteiger partial charge in [0, 0.05) is 18.2 Å². The first-order chi connectivity index (χ1) is 5.70. The molecule has 0 amide bonds. The smallest absolute Gasteiger partial charge is 0.204 e. The Morgan fingerprint density at radius 3 is 2.83 bits per heavy atom. The Morgan fingerprint density at radius 2 is 2.25 bits per heavy atom. The van der Waals surface area contributed by atoms with Gasteiger partial charge in [0.05, 0.1) is 6.10 Å². The molecule has 64 valence electrons. The van der Waals surface area contributed by atoms with Crippen molar-refractivity contribution in [1.82, 2.24) is 0 Å². The lowest BCUT2D eigenvalue weighted by Crippen LogP contribution is -2.30. The summed E-state index contributed by atoms with van der Waals surface area (Å²) in [5.74, 6) is 0. The second kappa shape index (κ2) is 4.02. The average molecular weight is 164 g/mol. The van der Waals surface area contributed by atoms with Gasteiger partial charge in [-0.25, -0.2) is 4.57 Å². The summed E-state index contributed by atoms with van der Waals surface area (Å²) < 4.78 is 2.00. The minimum absolute atomic E-state index is 0.384. The van der Waals surface area contributed by atoms with E-state index < -0.39 is 0 Å². The van der Waals surface area contributed by atoms with Gasteiger partial charge in [0.15, 0.2) is 6.20 Å². The molecule has 0 saturated heterocycles. The van der Waals surface area contributed by atoms with Gasteiger partial charge in [-0.3, -0.25) is 0 Å². The Balaban J connectivity index is 2.82. The van der Waals surface area contributed by atoms with Gasteiger partial charge in [0.2, 0.25) is 5.69 Å². The van der Waals surface area contributed by atoms with Crippen molar-refractivity contribution in [3.05, 3.63) is 36.2 Å². The third kappa shape index (κ3) is 2.47. The summed E-state index contributed by atoms with van der Waals surface area (Å²) in [5, 5.41) is 9.01. The predicted molar refractivity (Wildman–Crippen MR) is 48.3 cm³/mol. The standard InChI is InChI=1S/C10H14NO/c1-9(12)6-7-10-5-3-4-8-11(10)2/h3-9,12H,1-2H3/q+1/b7-6+/t9-/m0/s1. The van der Waals surface area contributed by atoms with Crippen molar-refractivity contribution >= 4 is 6.08 Å². The molecule has 2 heteroatoms. The first kappa shape index (κ1) is 8.94. The van der Waals surface area contributed by atoms with Gasteiger partial charge in [-0.15, -0.1) is 0 Å². The van der Waals surface area contributed by atoms with E-state index in [1.807, 2.05) is 42.1 Å². The molecule has 12 heavy (non-hydrogen) atoms. The number of aliphatic hydroxyl groups is 1. The quantitative estimate of drug-likeness (QED) is 0.645. The van der Waals surface area contributed by atoms with E-state index in [9.17, 15) is 0 Å². The molecule has 0 aromatic carbocycles. The van der Waals surface area contributed by atoms with Gasteiger partial charge in [0.25, 0.3) is 0 Å². The molecule has 2 nitrogen and oxygen atoms in total. The summed E-state index contributed by atoms with van der Waals surface area (Å²) in [6.07, 6.45) is 5.26. The van der Waals surface area contributed by atoms with Gasteiger partial charge >= 0.3 is 0 Å². The van der Waals surface area contributed by atoms with Crippen molar-refractivity contribution in [2.45, 2.75) is 13.0 Å². The fourth-order valence-corrected chi connectivity index (χ4v) is 0.948. The first-order valence-electron chi connectivity index (χ1n) is 4.01. The first-order valence-corrected chi connectivity index (χ1v) is 4.01. The second-order valence-electron chi connectivity index (χ2n) is 2.84. The molecule has 0 radical (unpaired) electrons. The maximum Gasteiger partial charge on any atom is 0.204 e. The van der Waals surface area contributed by atoms with E-state index >= 15 is 0 Å². The van der Waals surface area contributed by atoms with Crippen molar-refractivity contribution in [2.75, 3.05) is 0 Å². The maximum absolute atomic E-state index is 9.01. The molecule has 0 aliphatic rings. The number of aromatic nitrogens is 1. The SMILES string of the molecule is C[C@H](O)/C=C/c1cccc[n+]1C. The topological polar surface area (TPSA) is 24.1 Å². The van der Waals surface area contributed by atoms with Crippen LogP contribution in [0.2, 0.25) is 0 Å². The second-order valence-corrected chi connectivity index (χ2v) is 2.84. The molecule has 1 aromatic rings. The maximum atomic E-state index is 9.01. The molecule has 1 N–H and O–H groups in total. The highest BCUT2D eigenvalue weighted by molar-refractivity contribution is 5.41. The van der Waals surface area contributed by atoms with Gasteiger partial charge in [-0.1, -0.05) is 0 Å². The van der Waals surface area contributed by atoms with E-state index in [-0.39, 0.29) is 6.10 Å². The number of nitrogens with zero attached hydrogens (tertiary/aromatic N) is 1. The zero-order valence-electron chi connectivity index (χ0n) is 7.44. The summed E-state index contributed by atoms with van der Waals surface area (Å²) >= 11 is 0. The Bertz CT molecular complexity index is 279. The normalized spacial score (nSPS) is 13.6. The van der Waals surface area contributed by atoms with E-state index in [0.29, 0.717) is 0 Å². The third-order valence-electron chi connectivity index (χ3n) is 1.64. The number of aryl methyl sites for hydroxylation is 1.